The van der Waals surface area contributed by atoms with Crippen molar-refractivity contribution in [3.8, 4) is 5.75 Å². The van der Waals surface area contributed by atoms with Gasteiger partial charge in [0, 0.05) is 42.7 Å². The number of carbonyl (C=O) groups excluding carboxylic acids is 2. The molecule has 0 radical (unpaired) electrons. The van der Waals surface area contributed by atoms with E-state index in [4.69, 9.17) is 16.3 Å². The average Bonchev–Trinajstić information content (AvgIpc) is 3.07. The molecule has 148 valence electrons. The standard InChI is InChI=1S/C21H24ClN3O3/c1-2-28-19-9-7-18(8-10-19)25-14-16(11-20(25)26)13-24-21(27)23-12-15-3-5-17(22)6-4-15/h3-10,16H,2,11-14H2,1H3,(H2,23,24,27). The Kier molecular flexibility index (Phi) is 6.76. The Labute approximate surface area is 169 Å². The second-order valence-electron chi connectivity index (χ2n) is 6.69. The molecule has 2 aromatic carbocycles. The van der Waals surface area contributed by atoms with Crippen molar-refractivity contribution in [1.29, 1.82) is 0 Å². The minimum Gasteiger partial charge on any atom is -0.494 e. The van der Waals surface area contributed by atoms with E-state index in [0.717, 1.165) is 17.0 Å². The number of urea groups is 1. The van der Waals surface area contributed by atoms with Crippen molar-refractivity contribution in [3.05, 3.63) is 59.1 Å². The maximum atomic E-state index is 12.3. The van der Waals surface area contributed by atoms with Crippen LogP contribution in [0.2, 0.25) is 5.02 Å². The zero-order valence-corrected chi connectivity index (χ0v) is 16.5. The zero-order chi connectivity index (χ0) is 19.9. The first-order valence-electron chi connectivity index (χ1n) is 9.34. The molecule has 1 heterocycles. The van der Waals surface area contributed by atoms with Gasteiger partial charge in [0.1, 0.15) is 5.75 Å². The molecule has 2 aromatic rings. The van der Waals surface area contributed by atoms with Crippen LogP contribution in [-0.4, -0.2) is 31.6 Å². The molecule has 1 aliphatic heterocycles. The minimum absolute atomic E-state index is 0.0672. The number of rotatable bonds is 7. The van der Waals surface area contributed by atoms with Gasteiger partial charge in [-0.3, -0.25) is 4.79 Å². The summed E-state index contributed by atoms with van der Waals surface area (Å²) in [5.74, 6) is 0.936. The summed E-state index contributed by atoms with van der Waals surface area (Å²) in [4.78, 5) is 26.1. The van der Waals surface area contributed by atoms with Crippen LogP contribution in [-0.2, 0) is 11.3 Å². The van der Waals surface area contributed by atoms with Gasteiger partial charge in [-0.25, -0.2) is 4.79 Å². The van der Waals surface area contributed by atoms with Crippen molar-refractivity contribution < 1.29 is 14.3 Å². The van der Waals surface area contributed by atoms with Crippen molar-refractivity contribution in [3.63, 3.8) is 0 Å². The Morgan fingerprint density at radius 3 is 2.54 bits per heavy atom. The van der Waals surface area contributed by atoms with Crippen LogP contribution >= 0.6 is 11.6 Å². The maximum absolute atomic E-state index is 12.3. The number of benzene rings is 2. The molecule has 0 spiro atoms. The summed E-state index contributed by atoms with van der Waals surface area (Å²) in [5.41, 5.74) is 1.82. The number of halogens is 1. The monoisotopic (exact) mass is 401 g/mol. The molecule has 0 bridgehead atoms. The van der Waals surface area contributed by atoms with Gasteiger partial charge in [-0.1, -0.05) is 23.7 Å². The van der Waals surface area contributed by atoms with Crippen LogP contribution in [0.5, 0.6) is 5.75 Å². The van der Waals surface area contributed by atoms with Crippen molar-refractivity contribution >= 4 is 29.2 Å². The number of ether oxygens (including phenoxy) is 1. The number of carbonyl (C=O) groups is 2. The number of hydrogen-bond donors (Lipinski definition) is 2. The highest BCUT2D eigenvalue weighted by molar-refractivity contribution is 6.30. The average molecular weight is 402 g/mol. The lowest BCUT2D eigenvalue weighted by molar-refractivity contribution is -0.117. The Balaban J connectivity index is 1.44. The number of anilines is 1. The topological polar surface area (TPSA) is 70.7 Å². The van der Waals surface area contributed by atoms with Crippen molar-refractivity contribution in [2.45, 2.75) is 19.9 Å². The third kappa shape index (κ3) is 5.39. The molecular formula is C21H24ClN3O3. The van der Waals surface area contributed by atoms with Gasteiger partial charge in [0.15, 0.2) is 0 Å². The van der Waals surface area contributed by atoms with Crippen LogP contribution in [0.1, 0.15) is 18.9 Å². The molecule has 1 saturated heterocycles. The smallest absolute Gasteiger partial charge is 0.315 e. The highest BCUT2D eigenvalue weighted by atomic mass is 35.5. The van der Waals surface area contributed by atoms with E-state index in [-0.39, 0.29) is 17.9 Å². The third-order valence-corrected chi connectivity index (χ3v) is 4.83. The molecule has 1 fully saturated rings. The van der Waals surface area contributed by atoms with Gasteiger partial charge in [-0.05, 0) is 48.9 Å². The normalized spacial score (nSPS) is 16.1. The molecule has 3 rings (SSSR count). The van der Waals surface area contributed by atoms with E-state index in [1.807, 2.05) is 43.3 Å². The van der Waals surface area contributed by atoms with Crippen molar-refractivity contribution in [1.82, 2.24) is 10.6 Å². The van der Waals surface area contributed by atoms with Crippen LogP contribution in [0.15, 0.2) is 48.5 Å². The Bertz CT molecular complexity index is 809. The van der Waals surface area contributed by atoms with Gasteiger partial charge in [0.05, 0.1) is 6.61 Å². The number of amides is 3. The molecule has 0 aromatic heterocycles. The quantitative estimate of drug-likeness (QED) is 0.744. The van der Waals surface area contributed by atoms with Gasteiger partial charge >= 0.3 is 6.03 Å². The number of hydrogen-bond acceptors (Lipinski definition) is 3. The predicted octanol–water partition coefficient (Wildman–Crippen LogP) is 3.59. The van der Waals surface area contributed by atoms with E-state index in [2.05, 4.69) is 10.6 Å². The molecule has 0 aliphatic carbocycles. The van der Waals surface area contributed by atoms with Crippen LogP contribution in [0.3, 0.4) is 0 Å². The number of nitrogens with zero attached hydrogens (tertiary/aromatic N) is 1. The fraction of sp³-hybridized carbons (Fsp3) is 0.333. The summed E-state index contributed by atoms with van der Waals surface area (Å²) in [7, 11) is 0. The second-order valence-corrected chi connectivity index (χ2v) is 7.13. The third-order valence-electron chi connectivity index (χ3n) is 4.58. The second kappa shape index (κ2) is 9.46. The fourth-order valence-electron chi connectivity index (χ4n) is 3.14. The van der Waals surface area contributed by atoms with E-state index < -0.39 is 0 Å². The summed E-state index contributed by atoms with van der Waals surface area (Å²) in [6, 6.07) is 14.6. The Morgan fingerprint density at radius 1 is 1.14 bits per heavy atom. The highest BCUT2D eigenvalue weighted by Gasteiger charge is 2.30. The largest absolute Gasteiger partial charge is 0.494 e. The fourth-order valence-corrected chi connectivity index (χ4v) is 3.27. The minimum atomic E-state index is -0.248. The van der Waals surface area contributed by atoms with Crippen LogP contribution < -0.4 is 20.3 Å². The van der Waals surface area contributed by atoms with Crippen molar-refractivity contribution in [2.75, 3.05) is 24.6 Å². The molecule has 3 amide bonds. The van der Waals surface area contributed by atoms with Crippen LogP contribution in [0.25, 0.3) is 0 Å². The van der Waals surface area contributed by atoms with E-state index in [1.54, 1.807) is 17.0 Å². The van der Waals surface area contributed by atoms with Gasteiger partial charge in [0.25, 0.3) is 0 Å². The summed E-state index contributed by atoms with van der Waals surface area (Å²) < 4.78 is 5.43. The predicted molar refractivity (Wildman–Crippen MR) is 110 cm³/mol. The van der Waals surface area contributed by atoms with Gasteiger partial charge in [-0.15, -0.1) is 0 Å². The molecule has 6 nitrogen and oxygen atoms in total. The lowest BCUT2D eigenvalue weighted by Crippen LogP contribution is -2.38. The first-order chi connectivity index (χ1) is 13.5. The van der Waals surface area contributed by atoms with E-state index in [1.165, 1.54) is 0 Å². The first kappa shape index (κ1) is 20.0. The van der Waals surface area contributed by atoms with Crippen LogP contribution in [0.4, 0.5) is 10.5 Å². The first-order valence-corrected chi connectivity index (χ1v) is 9.72. The van der Waals surface area contributed by atoms with E-state index >= 15 is 0 Å². The molecular weight excluding hydrogens is 378 g/mol. The number of nitrogens with one attached hydrogen (secondary N) is 2. The Hall–Kier alpha value is -2.73. The summed E-state index contributed by atoms with van der Waals surface area (Å²) >= 11 is 5.85. The van der Waals surface area contributed by atoms with E-state index in [9.17, 15) is 9.59 Å². The van der Waals surface area contributed by atoms with Gasteiger partial charge < -0.3 is 20.3 Å². The maximum Gasteiger partial charge on any atom is 0.315 e. The molecule has 1 aliphatic rings. The lowest BCUT2D eigenvalue weighted by atomic mass is 10.1. The van der Waals surface area contributed by atoms with Crippen molar-refractivity contribution in [2.24, 2.45) is 5.92 Å². The highest BCUT2D eigenvalue weighted by Crippen LogP contribution is 2.26. The molecule has 7 heteroatoms. The SMILES string of the molecule is CCOc1ccc(N2CC(CNC(=O)NCc3ccc(Cl)cc3)CC2=O)cc1. The van der Waals surface area contributed by atoms with Gasteiger partial charge in [-0.2, -0.15) is 0 Å². The molecule has 1 atom stereocenters. The molecule has 2 N–H and O–H groups in total. The summed E-state index contributed by atoms with van der Waals surface area (Å²) in [5, 5.41) is 6.32. The lowest BCUT2D eigenvalue weighted by Gasteiger charge is -2.17. The van der Waals surface area contributed by atoms with E-state index in [0.29, 0.717) is 37.7 Å². The molecule has 28 heavy (non-hydrogen) atoms. The zero-order valence-electron chi connectivity index (χ0n) is 15.8. The van der Waals surface area contributed by atoms with Gasteiger partial charge in [0.2, 0.25) is 5.91 Å². The summed E-state index contributed by atoms with van der Waals surface area (Å²) in [6.07, 6.45) is 0.421. The van der Waals surface area contributed by atoms with Crippen LogP contribution in [0, 0.1) is 5.92 Å². The molecule has 1 unspecified atom stereocenters. The summed E-state index contributed by atoms with van der Waals surface area (Å²) in [6.45, 7) is 4.00. The Morgan fingerprint density at radius 2 is 1.86 bits per heavy atom. The molecule has 0 saturated carbocycles.